The lowest BCUT2D eigenvalue weighted by Gasteiger charge is -2.20. The SMILES string of the molecule is Cc1c[n+]([O-])c2ccn(C(=O)OC(C)(C)C)c2c1C. The maximum atomic E-state index is 12.1. The Labute approximate surface area is 112 Å². The predicted molar refractivity (Wildman–Crippen MR) is 72.0 cm³/mol. The minimum absolute atomic E-state index is 0.467. The summed E-state index contributed by atoms with van der Waals surface area (Å²) in [5, 5.41) is 11.8. The standard InChI is InChI=1S/C14H18N2O3/c1-9-8-16(18)11-6-7-15(12(11)10(9)2)13(17)19-14(3,4)5/h6-8H,1-5H3. The number of rotatable bonds is 0. The van der Waals surface area contributed by atoms with Gasteiger partial charge in [0.15, 0.2) is 6.20 Å². The highest BCUT2D eigenvalue weighted by Gasteiger charge is 2.22. The minimum Gasteiger partial charge on any atom is -0.618 e. The van der Waals surface area contributed by atoms with Crippen molar-refractivity contribution in [1.29, 1.82) is 0 Å². The van der Waals surface area contributed by atoms with Crippen molar-refractivity contribution in [1.82, 2.24) is 4.57 Å². The van der Waals surface area contributed by atoms with E-state index in [1.807, 2.05) is 34.6 Å². The molecule has 0 amide bonds. The lowest BCUT2D eigenvalue weighted by molar-refractivity contribution is -0.577. The van der Waals surface area contributed by atoms with E-state index in [1.54, 1.807) is 12.3 Å². The van der Waals surface area contributed by atoms with E-state index in [4.69, 9.17) is 4.74 Å². The first-order valence-electron chi connectivity index (χ1n) is 6.14. The van der Waals surface area contributed by atoms with Crippen LogP contribution in [0.2, 0.25) is 0 Å². The molecule has 0 fully saturated rings. The molecule has 0 bridgehead atoms. The van der Waals surface area contributed by atoms with Gasteiger partial charge in [0.05, 0.1) is 0 Å². The summed E-state index contributed by atoms with van der Waals surface area (Å²) in [4.78, 5) is 12.1. The van der Waals surface area contributed by atoms with E-state index in [-0.39, 0.29) is 0 Å². The molecule has 0 N–H and O–H groups in total. The Morgan fingerprint density at radius 1 is 1.37 bits per heavy atom. The van der Waals surface area contributed by atoms with Gasteiger partial charge in [0.25, 0.3) is 0 Å². The van der Waals surface area contributed by atoms with Crippen LogP contribution in [0.1, 0.15) is 31.9 Å². The van der Waals surface area contributed by atoms with Gasteiger partial charge in [0, 0.05) is 17.8 Å². The summed E-state index contributed by atoms with van der Waals surface area (Å²) in [6, 6.07) is 1.62. The van der Waals surface area contributed by atoms with Gasteiger partial charge in [-0.1, -0.05) is 0 Å². The van der Waals surface area contributed by atoms with Crippen LogP contribution in [-0.4, -0.2) is 16.3 Å². The van der Waals surface area contributed by atoms with Gasteiger partial charge < -0.3 is 9.94 Å². The molecule has 0 aliphatic carbocycles. The third-order valence-electron chi connectivity index (χ3n) is 2.95. The van der Waals surface area contributed by atoms with E-state index in [0.717, 1.165) is 15.9 Å². The number of ether oxygens (including phenoxy) is 1. The van der Waals surface area contributed by atoms with Crippen LogP contribution in [-0.2, 0) is 4.74 Å². The summed E-state index contributed by atoms with van der Waals surface area (Å²) >= 11 is 0. The number of aromatic nitrogens is 2. The van der Waals surface area contributed by atoms with Gasteiger partial charge in [-0.25, -0.2) is 9.36 Å². The predicted octanol–water partition coefficient (Wildman–Crippen LogP) is 2.67. The molecule has 0 saturated carbocycles. The van der Waals surface area contributed by atoms with Crippen LogP contribution in [0.5, 0.6) is 0 Å². The number of hydrogen-bond acceptors (Lipinski definition) is 3. The average Bonchev–Trinajstić information content (AvgIpc) is 2.68. The van der Waals surface area contributed by atoms with E-state index >= 15 is 0 Å². The molecule has 0 atom stereocenters. The third-order valence-corrected chi connectivity index (χ3v) is 2.95. The van der Waals surface area contributed by atoms with Gasteiger partial charge >= 0.3 is 6.09 Å². The summed E-state index contributed by atoms with van der Waals surface area (Å²) in [5.41, 5.74) is 2.24. The highest BCUT2D eigenvalue weighted by atomic mass is 16.6. The lowest BCUT2D eigenvalue weighted by Crippen LogP contribution is -2.29. The molecule has 102 valence electrons. The molecule has 0 aromatic carbocycles. The van der Waals surface area contributed by atoms with Gasteiger partial charge in [-0.3, -0.25) is 0 Å². The summed E-state index contributed by atoms with van der Waals surface area (Å²) in [6.07, 6.45) is 2.60. The van der Waals surface area contributed by atoms with Crippen LogP contribution in [0.4, 0.5) is 4.79 Å². The largest absolute Gasteiger partial charge is 0.618 e. The maximum Gasteiger partial charge on any atom is 0.419 e. The molecule has 0 spiro atoms. The van der Waals surface area contributed by atoms with Gasteiger partial charge in [-0.05, 0) is 40.2 Å². The smallest absolute Gasteiger partial charge is 0.419 e. The van der Waals surface area contributed by atoms with Gasteiger partial charge in [-0.2, -0.15) is 4.73 Å². The van der Waals surface area contributed by atoms with Crippen LogP contribution in [0, 0.1) is 19.1 Å². The lowest BCUT2D eigenvalue weighted by atomic mass is 10.1. The quantitative estimate of drug-likeness (QED) is 0.541. The zero-order chi connectivity index (χ0) is 14.4. The Hall–Kier alpha value is -2.04. The fourth-order valence-electron chi connectivity index (χ4n) is 1.96. The molecule has 0 aliphatic heterocycles. The topological polar surface area (TPSA) is 58.2 Å². The summed E-state index contributed by atoms with van der Waals surface area (Å²) in [5.74, 6) is 0. The molecule has 2 heterocycles. The van der Waals surface area contributed by atoms with Crippen molar-refractivity contribution >= 4 is 17.1 Å². The number of fused-ring (bicyclic) bond motifs is 1. The fraction of sp³-hybridized carbons (Fsp3) is 0.429. The normalized spacial score (nSPS) is 11.8. The molecular weight excluding hydrogens is 244 g/mol. The van der Waals surface area contributed by atoms with Crippen LogP contribution in [0.3, 0.4) is 0 Å². The first-order chi connectivity index (χ1) is 8.70. The molecule has 0 saturated heterocycles. The molecule has 19 heavy (non-hydrogen) atoms. The van der Waals surface area contributed by atoms with Crippen molar-refractivity contribution < 1.29 is 14.3 Å². The third kappa shape index (κ3) is 2.41. The van der Waals surface area contributed by atoms with E-state index < -0.39 is 11.7 Å². The highest BCUT2D eigenvalue weighted by molar-refractivity contribution is 5.88. The van der Waals surface area contributed by atoms with Crippen molar-refractivity contribution in [3.05, 3.63) is 34.8 Å². The molecule has 5 heteroatoms. The number of nitrogens with zero attached hydrogens (tertiary/aromatic N) is 2. The van der Waals surface area contributed by atoms with Crippen LogP contribution < -0.4 is 4.73 Å². The van der Waals surface area contributed by atoms with Crippen LogP contribution >= 0.6 is 0 Å². The highest BCUT2D eigenvalue weighted by Crippen LogP contribution is 2.21. The first-order valence-corrected chi connectivity index (χ1v) is 6.14. The Bertz CT molecular complexity index is 651. The van der Waals surface area contributed by atoms with Crippen molar-refractivity contribution in [2.45, 2.75) is 40.2 Å². The van der Waals surface area contributed by atoms with E-state index in [9.17, 15) is 10.0 Å². The van der Waals surface area contributed by atoms with Crippen molar-refractivity contribution in [2.24, 2.45) is 0 Å². The number of hydrogen-bond donors (Lipinski definition) is 0. The van der Waals surface area contributed by atoms with Crippen LogP contribution in [0.25, 0.3) is 11.0 Å². The second-order valence-corrected chi connectivity index (χ2v) is 5.66. The van der Waals surface area contributed by atoms with E-state index in [1.165, 1.54) is 10.8 Å². The summed E-state index contributed by atoms with van der Waals surface area (Å²) in [6.45, 7) is 9.15. The molecular formula is C14H18N2O3. The number of aryl methyl sites for hydroxylation is 2. The summed E-state index contributed by atoms with van der Waals surface area (Å²) in [7, 11) is 0. The second kappa shape index (κ2) is 4.26. The number of carbonyl (C=O) groups excluding carboxylic acids is 1. The zero-order valence-electron chi connectivity index (χ0n) is 11.9. The number of carbonyl (C=O) groups is 1. The Morgan fingerprint density at radius 2 is 2.00 bits per heavy atom. The number of pyridine rings is 1. The monoisotopic (exact) mass is 262 g/mol. The zero-order valence-corrected chi connectivity index (χ0v) is 11.9. The Balaban J connectivity index is 2.60. The van der Waals surface area contributed by atoms with Crippen molar-refractivity contribution in [2.75, 3.05) is 0 Å². The summed E-state index contributed by atoms with van der Waals surface area (Å²) < 4.78 is 7.50. The molecule has 2 aromatic rings. The maximum absolute atomic E-state index is 12.1. The van der Waals surface area contributed by atoms with E-state index in [2.05, 4.69) is 0 Å². The molecule has 0 radical (unpaired) electrons. The van der Waals surface area contributed by atoms with Gasteiger partial charge in [-0.15, -0.1) is 0 Å². The van der Waals surface area contributed by atoms with Crippen molar-refractivity contribution in [3.63, 3.8) is 0 Å². The fourth-order valence-corrected chi connectivity index (χ4v) is 1.96. The molecule has 2 aromatic heterocycles. The second-order valence-electron chi connectivity index (χ2n) is 5.66. The van der Waals surface area contributed by atoms with Crippen LogP contribution in [0.15, 0.2) is 18.5 Å². The Morgan fingerprint density at radius 3 is 2.58 bits per heavy atom. The van der Waals surface area contributed by atoms with Gasteiger partial charge in [0.1, 0.15) is 11.1 Å². The van der Waals surface area contributed by atoms with E-state index in [0.29, 0.717) is 11.0 Å². The van der Waals surface area contributed by atoms with Gasteiger partial charge in [0.2, 0.25) is 5.52 Å². The molecule has 0 aliphatic rings. The molecule has 5 nitrogen and oxygen atoms in total. The first kappa shape index (κ1) is 13.4. The Kier molecular flexibility index (Phi) is 3.00. The average molecular weight is 262 g/mol. The minimum atomic E-state index is -0.571. The van der Waals surface area contributed by atoms with Crippen molar-refractivity contribution in [3.8, 4) is 0 Å². The molecule has 0 unspecified atom stereocenters. The molecule has 2 rings (SSSR count).